The minimum Gasteiger partial charge on any atom is -0.494 e. The number of carbonyl (C=O) groups is 1. The van der Waals surface area contributed by atoms with E-state index in [9.17, 15) is 4.79 Å². The van der Waals surface area contributed by atoms with Gasteiger partial charge in [0.25, 0.3) is 0 Å². The highest BCUT2D eigenvalue weighted by atomic mass is 16.5. The Hall–Kier alpha value is -1.55. The van der Waals surface area contributed by atoms with E-state index in [4.69, 9.17) is 10.6 Å². The molecule has 4 nitrogen and oxygen atoms in total. The monoisotopic (exact) mass is 222 g/mol. The van der Waals surface area contributed by atoms with Crippen molar-refractivity contribution < 1.29 is 9.53 Å². The summed E-state index contributed by atoms with van der Waals surface area (Å²) in [6.45, 7) is 6.36. The van der Waals surface area contributed by atoms with Gasteiger partial charge < -0.3 is 4.74 Å². The number of nitrogens with one attached hydrogen (secondary N) is 1. The summed E-state index contributed by atoms with van der Waals surface area (Å²) in [5.74, 6) is 5.51. The van der Waals surface area contributed by atoms with E-state index in [-0.39, 0.29) is 11.8 Å². The molecule has 1 unspecified atom stereocenters. The Labute approximate surface area is 95.8 Å². The minimum atomic E-state index is -0.251. The summed E-state index contributed by atoms with van der Waals surface area (Å²) in [4.78, 5) is 11.4. The van der Waals surface area contributed by atoms with Crippen molar-refractivity contribution in [1.82, 2.24) is 5.43 Å². The number of rotatable bonds is 4. The first-order chi connectivity index (χ1) is 7.60. The van der Waals surface area contributed by atoms with Crippen molar-refractivity contribution in [2.24, 2.45) is 5.84 Å². The Morgan fingerprint density at radius 1 is 1.56 bits per heavy atom. The van der Waals surface area contributed by atoms with Crippen molar-refractivity contribution in [1.29, 1.82) is 0 Å². The van der Waals surface area contributed by atoms with Gasteiger partial charge in [-0.1, -0.05) is 12.1 Å². The maximum absolute atomic E-state index is 11.4. The lowest BCUT2D eigenvalue weighted by Crippen LogP contribution is -2.33. The molecule has 0 aliphatic rings. The molecule has 0 spiro atoms. The SMILES string of the molecule is CCOc1ccc(C(C)C(=O)NN)cc1C. The maximum atomic E-state index is 11.4. The Bertz CT molecular complexity index is 377. The number of hydrogen-bond donors (Lipinski definition) is 2. The topological polar surface area (TPSA) is 64.3 Å². The van der Waals surface area contributed by atoms with Crippen LogP contribution in [-0.4, -0.2) is 12.5 Å². The Morgan fingerprint density at radius 2 is 2.25 bits per heavy atom. The summed E-state index contributed by atoms with van der Waals surface area (Å²) >= 11 is 0. The third-order valence-electron chi connectivity index (χ3n) is 2.53. The predicted octanol–water partition coefficient (Wildman–Crippen LogP) is 1.49. The molecule has 4 heteroatoms. The molecule has 0 aliphatic carbocycles. The van der Waals surface area contributed by atoms with E-state index < -0.39 is 0 Å². The largest absolute Gasteiger partial charge is 0.494 e. The summed E-state index contributed by atoms with van der Waals surface area (Å²) in [6, 6.07) is 5.72. The number of amides is 1. The van der Waals surface area contributed by atoms with E-state index in [0.717, 1.165) is 16.9 Å². The second-order valence-corrected chi connectivity index (χ2v) is 3.69. The second kappa shape index (κ2) is 5.51. The molecule has 1 atom stereocenters. The summed E-state index contributed by atoms with van der Waals surface area (Å²) in [6.07, 6.45) is 0. The lowest BCUT2D eigenvalue weighted by atomic mass is 9.98. The molecule has 1 amide bonds. The van der Waals surface area contributed by atoms with Gasteiger partial charge in [0.15, 0.2) is 0 Å². The van der Waals surface area contributed by atoms with Crippen LogP contribution in [0.3, 0.4) is 0 Å². The highest BCUT2D eigenvalue weighted by molar-refractivity contribution is 5.82. The predicted molar refractivity (Wildman–Crippen MR) is 63.1 cm³/mol. The third kappa shape index (κ3) is 2.73. The number of hydrogen-bond acceptors (Lipinski definition) is 3. The Morgan fingerprint density at radius 3 is 2.75 bits per heavy atom. The molecular formula is C12H18N2O2. The molecule has 0 bridgehead atoms. The first-order valence-corrected chi connectivity index (χ1v) is 5.34. The van der Waals surface area contributed by atoms with E-state index >= 15 is 0 Å². The average molecular weight is 222 g/mol. The van der Waals surface area contributed by atoms with Gasteiger partial charge >= 0.3 is 0 Å². The van der Waals surface area contributed by atoms with Gasteiger partial charge in [-0.2, -0.15) is 0 Å². The molecule has 1 rings (SSSR count). The molecule has 0 saturated carbocycles. The number of carbonyl (C=O) groups excluding carboxylic acids is 1. The van der Waals surface area contributed by atoms with Crippen LogP contribution in [0, 0.1) is 6.92 Å². The number of aryl methyl sites for hydroxylation is 1. The van der Waals surface area contributed by atoms with Crippen LogP contribution >= 0.6 is 0 Å². The Balaban J connectivity index is 2.92. The molecule has 0 heterocycles. The van der Waals surface area contributed by atoms with Gasteiger partial charge in [-0.25, -0.2) is 5.84 Å². The van der Waals surface area contributed by atoms with Gasteiger partial charge in [-0.05, 0) is 38.0 Å². The average Bonchev–Trinajstić information content (AvgIpc) is 2.30. The van der Waals surface area contributed by atoms with E-state index in [1.165, 1.54) is 0 Å². The van der Waals surface area contributed by atoms with Gasteiger partial charge in [-0.3, -0.25) is 10.2 Å². The van der Waals surface area contributed by atoms with Crippen LogP contribution in [0.4, 0.5) is 0 Å². The number of benzene rings is 1. The van der Waals surface area contributed by atoms with Crippen molar-refractivity contribution in [2.75, 3.05) is 6.61 Å². The van der Waals surface area contributed by atoms with Crippen molar-refractivity contribution in [3.63, 3.8) is 0 Å². The van der Waals surface area contributed by atoms with Crippen LogP contribution in [0.25, 0.3) is 0 Å². The molecule has 0 aromatic heterocycles. The van der Waals surface area contributed by atoms with Crippen LogP contribution in [0.5, 0.6) is 5.75 Å². The van der Waals surface area contributed by atoms with Crippen LogP contribution in [0.2, 0.25) is 0 Å². The zero-order valence-corrected chi connectivity index (χ0v) is 9.91. The van der Waals surface area contributed by atoms with Gasteiger partial charge in [0.1, 0.15) is 5.75 Å². The second-order valence-electron chi connectivity index (χ2n) is 3.69. The fourth-order valence-corrected chi connectivity index (χ4v) is 1.54. The molecule has 0 saturated heterocycles. The zero-order chi connectivity index (χ0) is 12.1. The molecule has 16 heavy (non-hydrogen) atoms. The smallest absolute Gasteiger partial charge is 0.241 e. The standard InChI is InChI=1S/C12H18N2O2/c1-4-16-11-6-5-10(7-8(11)2)9(3)12(15)14-13/h5-7,9H,4,13H2,1-3H3,(H,14,15). The van der Waals surface area contributed by atoms with E-state index in [0.29, 0.717) is 6.61 Å². The van der Waals surface area contributed by atoms with Crippen LogP contribution < -0.4 is 16.0 Å². The maximum Gasteiger partial charge on any atom is 0.241 e. The van der Waals surface area contributed by atoms with Crippen LogP contribution in [0.1, 0.15) is 30.9 Å². The molecule has 1 aromatic carbocycles. The summed E-state index contributed by atoms with van der Waals surface area (Å²) in [5, 5.41) is 0. The first-order valence-electron chi connectivity index (χ1n) is 5.34. The van der Waals surface area contributed by atoms with Gasteiger partial charge in [0.05, 0.1) is 12.5 Å². The van der Waals surface area contributed by atoms with Gasteiger partial charge in [0, 0.05) is 0 Å². The molecule has 1 aromatic rings. The van der Waals surface area contributed by atoms with Crippen molar-refractivity contribution in [2.45, 2.75) is 26.7 Å². The molecule has 0 aliphatic heterocycles. The van der Waals surface area contributed by atoms with E-state index in [1.807, 2.05) is 39.0 Å². The fraction of sp³-hybridized carbons (Fsp3) is 0.417. The van der Waals surface area contributed by atoms with E-state index in [1.54, 1.807) is 0 Å². The van der Waals surface area contributed by atoms with Crippen molar-refractivity contribution >= 4 is 5.91 Å². The van der Waals surface area contributed by atoms with Crippen LogP contribution in [0.15, 0.2) is 18.2 Å². The first kappa shape index (κ1) is 12.5. The molecule has 0 radical (unpaired) electrons. The summed E-state index contributed by atoms with van der Waals surface area (Å²) in [7, 11) is 0. The highest BCUT2D eigenvalue weighted by Gasteiger charge is 2.14. The van der Waals surface area contributed by atoms with E-state index in [2.05, 4.69) is 5.43 Å². The van der Waals surface area contributed by atoms with Crippen LogP contribution in [-0.2, 0) is 4.79 Å². The summed E-state index contributed by atoms with van der Waals surface area (Å²) < 4.78 is 5.43. The third-order valence-corrected chi connectivity index (χ3v) is 2.53. The van der Waals surface area contributed by atoms with Crippen molar-refractivity contribution in [3.05, 3.63) is 29.3 Å². The number of hydrazine groups is 1. The molecule has 0 fully saturated rings. The summed E-state index contributed by atoms with van der Waals surface area (Å²) in [5.41, 5.74) is 4.11. The minimum absolute atomic E-state index is 0.191. The lowest BCUT2D eigenvalue weighted by Gasteiger charge is -2.13. The highest BCUT2D eigenvalue weighted by Crippen LogP contribution is 2.23. The molecular weight excluding hydrogens is 204 g/mol. The number of ether oxygens (including phenoxy) is 1. The van der Waals surface area contributed by atoms with Gasteiger partial charge in [-0.15, -0.1) is 0 Å². The Kier molecular flexibility index (Phi) is 4.31. The fourth-order valence-electron chi connectivity index (χ4n) is 1.54. The number of nitrogens with two attached hydrogens (primary N) is 1. The zero-order valence-electron chi connectivity index (χ0n) is 9.91. The lowest BCUT2D eigenvalue weighted by molar-refractivity contribution is -0.122. The van der Waals surface area contributed by atoms with Gasteiger partial charge in [0.2, 0.25) is 5.91 Å². The molecule has 3 N–H and O–H groups in total. The van der Waals surface area contributed by atoms with Crippen molar-refractivity contribution in [3.8, 4) is 5.75 Å². The molecule has 88 valence electrons. The quantitative estimate of drug-likeness (QED) is 0.461. The normalized spacial score (nSPS) is 12.0.